The van der Waals surface area contributed by atoms with Gasteiger partial charge in [-0.1, -0.05) is 12.1 Å². The Hall–Kier alpha value is -1.99. The second kappa shape index (κ2) is 9.04. The SMILES string of the molecule is COCCNC(=O)CCNC(C)c1ccc([N+](=O)[O-])cc1. The number of nitro groups is 1. The summed E-state index contributed by atoms with van der Waals surface area (Å²) in [5.41, 5.74) is 1.02. The summed E-state index contributed by atoms with van der Waals surface area (Å²) < 4.78 is 4.84. The van der Waals surface area contributed by atoms with Crippen LogP contribution in [0.4, 0.5) is 5.69 Å². The third-order valence-electron chi connectivity index (χ3n) is 3.03. The summed E-state index contributed by atoms with van der Waals surface area (Å²) in [5.74, 6) is -0.0320. The van der Waals surface area contributed by atoms with E-state index in [2.05, 4.69) is 10.6 Å². The molecule has 1 amide bonds. The van der Waals surface area contributed by atoms with Crippen molar-refractivity contribution in [1.29, 1.82) is 0 Å². The summed E-state index contributed by atoms with van der Waals surface area (Å²) in [4.78, 5) is 21.6. The van der Waals surface area contributed by atoms with Crippen molar-refractivity contribution >= 4 is 11.6 Å². The summed E-state index contributed by atoms with van der Waals surface area (Å²) in [6.07, 6.45) is 0.376. The number of non-ortho nitro benzene ring substituents is 1. The van der Waals surface area contributed by atoms with E-state index in [1.807, 2.05) is 6.92 Å². The summed E-state index contributed by atoms with van der Waals surface area (Å²) in [5, 5.41) is 16.5. The predicted octanol–water partition coefficient (Wildman–Crippen LogP) is 1.40. The van der Waals surface area contributed by atoms with Crippen molar-refractivity contribution in [3.63, 3.8) is 0 Å². The molecule has 0 radical (unpaired) electrons. The maximum Gasteiger partial charge on any atom is 0.269 e. The van der Waals surface area contributed by atoms with Crippen LogP contribution >= 0.6 is 0 Å². The summed E-state index contributed by atoms with van der Waals surface area (Å²) in [6, 6.07) is 6.41. The summed E-state index contributed by atoms with van der Waals surface area (Å²) in [6.45, 7) is 3.49. The third-order valence-corrected chi connectivity index (χ3v) is 3.03. The number of carbonyl (C=O) groups excluding carboxylic acids is 1. The molecule has 2 N–H and O–H groups in total. The molecule has 0 saturated heterocycles. The van der Waals surface area contributed by atoms with Gasteiger partial charge in [-0.05, 0) is 12.5 Å². The molecular formula is C14H21N3O4. The number of nitrogens with one attached hydrogen (secondary N) is 2. The molecule has 1 rings (SSSR count). The molecule has 21 heavy (non-hydrogen) atoms. The average molecular weight is 295 g/mol. The molecular weight excluding hydrogens is 274 g/mol. The number of nitro benzene ring substituents is 1. The van der Waals surface area contributed by atoms with Crippen molar-refractivity contribution in [2.45, 2.75) is 19.4 Å². The first-order chi connectivity index (χ1) is 10.0. The molecule has 0 saturated carbocycles. The van der Waals surface area contributed by atoms with Crippen molar-refractivity contribution < 1.29 is 14.5 Å². The molecule has 116 valence electrons. The van der Waals surface area contributed by atoms with Crippen LogP contribution in [0.15, 0.2) is 24.3 Å². The third kappa shape index (κ3) is 6.33. The number of hydrogen-bond acceptors (Lipinski definition) is 5. The van der Waals surface area contributed by atoms with Crippen LogP contribution in [0.5, 0.6) is 0 Å². The molecule has 1 aromatic rings. The van der Waals surface area contributed by atoms with Crippen LogP contribution in [0.3, 0.4) is 0 Å². The van der Waals surface area contributed by atoms with Gasteiger partial charge in [-0.15, -0.1) is 0 Å². The fourth-order valence-corrected chi connectivity index (χ4v) is 1.79. The maximum atomic E-state index is 11.5. The highest BCUT2D eigenvalue weighted by molar-refractivity contribution is 5.76. The van der Waals surface area contributed by atoms with Crippen molar-refractivity contribution in [3.8, 4) is 0 Å². The van der Waals surface area contributed by atoms with Crippen molar-refractivity contribution in [1.82, 2.24) is 10.6 Å². The van der Waals surface area contributed by atoms with Gasteiger partial charge in [0.1, 0.15) is 0 Å². The Labute approximate surface area is 123 Å². The Morgan fingerprint density at radius 3 is 2.57 bits per heavy atom. The van der Waals surface area contributed by atoms with E-state index in [0.717, 1.165) is 5.56 Å². The van der Waals surface area contributed by atoms with E-state index >= 15 is 0 Å². The summed E-state index contributed by atoms with van der Waals surface area (Å²) in [7, 11) is 1.58. The second-order valence-corrected chi connectivity index (χ2v) is 4.62. The van der Waals surface area contributed by atoms with Gasteiger partial charge in [-0.2, -0.15) is 0 Å². The highest BCUT2D eigenvalue weighted by Gasteiger charge is 2.09. The molecule has 1 atom stereocenters. The van der Waals surface area contributed by atoms with Gasteiger partial charge in [0, 0.05) is 44.8 Å². The van der Waals surface area contributed by atoms with Gasteiger partial charge >= 0.3 is 0 Å². The largest absolute Gasteiger partial charge is 0.383 e. The van der Waals surface area contributed by atoms with Crippen LogP contribution in [-0.4, -0.2) is 37.6 Å². The first-order valence-electron chi connectivity index (χ1n) is 6.78. The molecule has 0 fully saturated rings. The lowest BCUT2D eigenvalue weighted by Crippen LogP contribution is -2.30. The van der Waals surface area contributed by atoms with Gasteiger partial charge in [0.25, 0.3) is 5.69 Å². The highest BCUT2D eigenvalue weighted by atomic mass is 16.6. The molecule has 0 bridgehead atoms. The van der Waals surface area contributed by atoms with Crippen LogP contribution in [0.1, 0.15) is 24.9 Å². The van der Waals surface area contributed by atoms with Crippen LogP contribution < -0.4 is 10.6 Å². The Bertz CT molecular complexity index is 462. The van der Waals surface area contributed by atoms with Gasteiger partial charge in [0.05, 0.1) is 11.5 Å². The minimum absolute atomic E-state index is 0.0255. The number of hydrogen-bond donors (Lipinski definition) is 2. The van der Waals surface area contributed by atoms with Gasteiger partial charge in [0.2, 0.25) is 5.91 Å². The van der Waals surface area contributed by atoms with E-state index in [0.29, 0.717) is 26.1 Å². The van der Waals surface area contributed by atoms with E-state index < -0.39 is 4.92 Å². The zero-order valence-electron chi connectivity index (χ0n) is 12.3. The van der Waals surface area contributed by atoms with E-state index in [-0.39, 0.29) is 17.6 Å². The van der Waals surface area contributed by atoms with Gasteiger partial charge in [0.15, 0.2) is 0 Å². The monoisotopic (exact) mass is 295 g/mol. The van der Waals surface area contributed by atoms with Crippen molar-refractivity contribution in [2.75, 3.05) is 26.8 Å². The highest BCUT2D eigenvalue weighted by Crippen LogP contribution is 2.17. The molecule has 0 aliphatic carbocycles. The number of amides is 1. The Morgan fingerprint density at radius 2 is 2.00 bits per heavy atom. The first-order valence-corrected chi connectivity index (χ1v) is 6.78. The van der Waals surface area contributed by atoms with Gasteiger partial charge in [-0.25, -0.2) is 0 Å². The maximum absolute atomic E-state index is 11.5. The number of nitrogens with zero attached hydrogens (tertiary/aromatic N) is 1. The number of rotatable bonds is 9. The first kappa shape index (κ1) is 17.1. The van der Waals surface area contributed by atoms with Gasteiger partial charge in [-0.3, -0.25) is 14.9 Å². The van der Waals surface area contributed by atoms with Crippen molar-refractivity contribution in [3.05, 3.63) is 39.9 Å². The molecule has 1 unspecified atom stereocenters. The number of carbonyl (C=O) groups is 1. The standard InChI is InChI=1S/C14H21N3O4/c1-11(12-3-5-13(6-4-12)17(19)20)15-8-7-14(18)16-9-10-21-2/h3-6,11,15H,7-10H2,1-2H3,(H,16,18). The number of benzene rings is 1. The van der Waals surface area contributed by atoms with E-state index in [4.69, 9.17) is 4.74 Å². The minimum Gasteiger partial charge on any atom is -0.383 e. The molecule has 7 nitrogen and oxygen atoms in total. The normalized spacial score (nSPS) is 11.9. The molecule has 0 aromatic heterocycles. The Balaban J connectivity index is 2.31. The molecule has 7 heteroatoms. The van der Waals surface area contributed by atoms with E-state index in [9.17, 15) is 14.9 Å². The number of methoxy groups -OCH3 is 1. The molecule has 0 spiro atoms. The topological polar surface area (TPSA) is 93.5 Å². The fourth-order valence-electron chi connectivity index (χ4n) is 1.79. The van der Waals surface area contributed by atoms with Crippen LogP contribution in [0, 0.1) is 10.1 Å². The smallest absolute Gasteiger partial charge is 0.269 e. The zero-order chi connectivity index (χ0) is 15.7. The number of ether oxygens (including phenoxy) is 1. The van der Waals surface area contributed by atoms with Gasteiger partial charge < -0.3 is 15.4 Å². The van der Waals surface area contributed by atoms with E-state index in [1.54, 1.807) is 19.2 Å². The second-order valence-electron chi connectivity index (χ2n) is 4.62. The van der Waals surface area contributed by atoms with Crippen LogP contribution in [-0.2, 0) is 9.53 Å². The summed E-state index contributed by atoms with van der Waals surface area (Å²) >= 11 is 0. The van der Waals surface area contributed by atoms with E-state index in [1.165, 1.54) is 12.1 Å². The zero-order valence-corrected chi connectivity index (χ0v) is 12.3. The molecule has 0 aliphatic rings. The molecule has 0 aliphatic heterocycles. The minimum atomic E-state index is -0.424. The van der Waals surface area contributed by atoms with Crippen molar-refractivity contribution in [2.24, 2.45) is 0 Å². The molecule has 0 heterocycles. The quantitative estimate of drug-likeness (QED) is 0.408. The fraction of sp³-hybridized carbons (Fsp3) is 0.500. The lowest BCUT2D eigenvalue weighted by Gasteiger charge is -2.14. The molecule has 1 aromatic carbocycles. The van der Waals surface area contributed by atoms with Crippen LogP contribution in [0.2, 0.25) is 0 Å². The lowest BCUT2D eigenvalue weighted by molar-refractivity contribution is -0.384. The average Bonchev–Trinajstić information content (AvgIpc) is 2.47. The van der Waals surface area contributed by atoms with Crippen LogP contribution in [0.25, 0.3) is 0 Å². The Morgan fingerprint density at radius 1 is 1.33 bits per heavy atom. The Kier molecular flexibility index (Phi) is 7.34. The predicted molar refractivity (Wildman–Crippen MR) is 79.0 cm³/mol. The lowest BCUT2D eigenvalue weighted by atomic mass is 10.1.